The average molecular weight is 510 g/mol. The molecule has 3 aromatic rings. The number of nitrogens with one attached hydrogen (secondary N) is 1. The summed E-state index contributed by atoms with van der Waals surface area (Å²) in [5, 5.41) is 3.96. The Labute approximate surface area is 212 Å². The highest BCUT2D eigenvalue weighted by Gasteiger charge is 2.21. The van der Waals surface area contributed by atoms with Crippen LogP contribution >= 0.6 is 0 Å². The van der Waals surface area contributed by atoms with Crippen molar-refractivity contribution < 1.29 is 22.7 Å². The normalized spacial score (nSPS) is 11.5. The Bertz CT molecular complexity index is 1290. The highest BCUT2D eigenvalue weighted by Crippen LogP contribution is 2.28. The van der Waals surface area contributed by atoms with Crippen molar-refractivity contribution in [2.45, 2.75) is 26.4 Å². The van der Waals surface area contributed by atoms with Crippen molar-refractivity contribution in [1.82, 2.24) is 5.43 Å². The third-order valence-corrected chi connectivity index (χ3v) is 6.50. The van der Waals surface area contributed by atoms with Gasteiger partial charge in [0.15, 0.2) is 11.5 Å². The van der Waals surface area contributed by atoms with Crippen LogP contribution in [0, 0.1) is 0 Å². The maximum atomic E-state index is 12.5. The summed E-state index contributed by atoms with van der Waals surface area (Å²) in [7, 11) is -2.13. The number of methoxy groups -OCH3 is 1. The van der Waals surface area contributed by atoms with E-state index in [0.29, 0.717) is 35.3 Å². The Morgan fingerprint density at radius 2 is 1.72 bits per heavy atom. The summed E-state index contributed by atoms with van der Waals surface area (Å²) >= 11 is 0. The van der Waals surface area contributed by atoms with E-state index in [1.165, 1.54) is 6.21 Å². The molecule has 0 aromatic heterocycles. The van der Waals surface area contributed by atoms with Gasteiger partial charge >= 0.3 is 0 Å². The second kappa shape index (κ2) is 12.2. The first kappa shape index (κ1) is 26.7. The van der Waals surface area contributed by atoms with Gasteiger partial charge in [-0.2, -0.15) is 5.10 Å². The zero-order valence-electron chi connectivity index (χ0n) is 20.8. The number of sulfonamides is 1. The molecule has 1 amide bonds. The summed E-state index contributed by atoms with van der Waals surface area (Å²) in [6, 6.07) is 22.2. The number of nitrogens with zero attached hydrogens (tertiary/aromatic N) is 2. The van der Waals surface area contributed by atoms with Crippen LogP contribution in [-0.2, 0) is 21.4 Å². The van der Waals surface area contributed by atoms with Gasteiger partial charge in [0.1, 0.15) is 13.2 Å². The summed E-state index contributed by atoms with van der Waals surface area (Å²) in [5.41, 5.74) is 5.58. The molecule has 0 radical (unpaired) electrons. The summed E-state index contributed by atoms with van der Waals surface area (Å²) in [4.78, 5) is 12.5. The van der Waals surface area contributed by atoms with Crippen molar-refractivity contribution in [3.05, 3.63) is 89.5 Å². The number of ether oxygens (including phenoxy) is 2. The van der Waals surface area contributed by atoms with Gasteiger partial charge in [-0.15, -0.1) is 0 Å². The summed E-state index contributed by atoms with van der Waals surface area (Å²) in [5.74, 6) is 0.843. The molecule has 0 spiro atoms. The molecule has 0 aliphatic carbocycles. The minimum Gasteiger partial charge on any atom is -0.493 e. The number of hydrogen-bond acceptors (Lipinski definition) is 6. The summed E-state index contributed by atoms with van der Waals surface area (Å²) in [6.45, 7) is 4.11. The lowest BCUT2D eigenvalue weighted by molar-refractivity contribution is -0.119. The van der Waals surface area contributed by atoms with Gasteiger partial charge in [0, 0.05) is 0 Å². The van der Waals surface area contributed by atoms with Gasteiger partial charge in [-0.05, 0) is 52.9 Å². The van der Waals surface area contributed by atoms with Crippen LogP contribution in [0.2, 0.25) is 0 Å². The summed E-state index contributed by atoms with van der Waals surface area (Å²) < 4.78 is 36.9. The SMILES string of the molecule is COc1cc(/C=N\NC(=O)CN(c2ccc(C(C)C)cc2)S(C)(=O)=O)ccc1OCc1ccccc1. The molecule has 36 heavy (non-hydrogen) atoms. The first-order valence-corrected chi connectivity index (χ1v) is 13.3. The molecule has 3 rings (SSSR count). The number of amides is 1. The van der Waals surface area contributed by atoms with Gasteiger partial charge in [0.2, 0.25) is 10.0 Å². The predicted octanol–water partition coefficient (Wildman–Crippen LogP) is 4.31. The molecule has 0 bridgehead atoms. The molecule has 0 fully saturated rings. The fraction of sp³-hybridized carbons (Fsp3) is 0.259. The maximum Gasteiger partial charge on any atom is 0.260 e. The monoisotopic (exact) mass is 509 g/mol. The molecule has 8 nitrogen and oxygen atoms in total. The van der Waals surface area contributed by atoms with Gasteiger partial charge in [-0.3, -0.25) is 9.10 Å². The molecule has 0 heterocycles. The molecule has 0 unspecified atom stereocenters. The summed E-state index contributed by atoms with van der Waals surface area (Å²) in [6.07, 6.45) is 2.51. The molecule has 0 atom stereocenters. The van der Waals surface area contributed by atoms with Crippen LogP contribution in [0.5, 0.6) is 11.5 Å². The van der Waals surface area contributed by atoms with Gasteiger partial charge in [-0.25, -0.2) is 13.8 Å². The van der Waals surface area contributed by atoms with Gasteiger partial charge in [0.05, 0.1) is 25.3 Å². The number of hydrogen-bond donors (Lipinski definition) is 1. The van der Waals surface area contributed by atoms with Crippen LogP contribution in [0.4, 0.5) is 5.69 Å². The number of carbonyl (C=O) groups excluding carboxylic acids is 1. The van der Waals surface area contributed by atoms with E-state index in [1.54, 1.807) is 37.4 Å². The molecular formula is C27H31N3O5S. The van der Waals surface area contributed by atoms with Gasteiger partial charge in [0.25, 0.3) is 5.91 Å². The number of rotatable bonds is 11. The van der Waals surface area contributed by atoms with Crippen molar-refractivity contribution in [2.24, 2.45) is 5.10 Å². The Balaban J connectivity index is 1.62. The molecular weight excluding hydrogens is 478 g/mol. The minimum atomic E-state index is -3.67. The fourth-order valence-electron chi connectivity index (χ4n) is 3.39. The Hall–Kier alpha value is -3.85. The highest BCUT2D eigenvalue weighted by atomic mass is 32.2. The van der Waals surface area contributed by atoms with Gasteiger partial charge < -0.3 is 9.47 Å². The number of anilines is 1. The maximum absolute atomic E-state index is 12.5. The molecule has 0 aliphatic rings. The fourth-order valence-corrected chi connectivity index (χ4v) is 4.25. The molecule has 0 aliphatic heterocycles. The van der Waals surface area contributed by atoms with Crippen molar-refractivity contribution in [1.29, 1.82) is 0 Å². The third-order valence-electron chi connectivity index (χ3n) is 5.36. The first-order valence-electron chi connectivity index (χ1n) is 11.4. The first-order chi connectivity index (χ1) is 17.2. The Morgan fingerprint density at radius 1 is 1.03 bits per heavy atom. The highest BCUT2D eigenvalue weighted by molar-refractivity contribution is 7.92. The second-order valence-corrected chi connectivity index (χ2v) is 10.4. The lowest BCUT2D eigenvalue weighted by Crippen LogP contribution is -2.39. The van der Waals surface area contributed by atoms with Crippen molar-refractivity contribution in [2.75, 3.05) is 24.2 Å². The van der Waals surface area contributed by atoms with E-state index in [1.807, 2.05) is 42.5 Å². The Kier molecular flexibility index (Phi) is 9.08. The minimum absolute atomic E-state index is 0.312. The van der Waals surface area contributed by atoms with E-state index in [-0.39, 0.29) is 0 Å². The average Bonchev–Trinajstić information content (AvgIpc) is 2.86. The zero-order valence-corrected chi connectivity index (χ0v) is 21.7. The zero-order chi connectivity index (χ0) is 26.1. The van der Waals surface area contributed by atoms with Crippen molar-refractivity contribution >= 4 is 27.8 Å². The van der Waals surface area contributed by atoms with Crippen LogP contribution < -0.4 is 19.2 Å². The van der Waals surface area contributed by atoms with Crippen LogP contribution in [0.15, 0.2) is 77.9 Å². The van der Waals surface area contributed by atoms with E-state index >= 15 is 0 Å². The molecule has 9 heteroatoms. The molecule has 0 saturated heterocycles. The number of carbonyl (C=O) groups is 1. The van der Waals surface area contributed by atoms with E-state index in [9.17, 15) is 13.2 Å². The number of benzene rings is 3. The Morgan fingerprint density at radius 3 is 2.33 bits per heavy atom. The molecule has 1 N–H and O–H groups in total. The lowest BCUT2D eigenvalue weighted by Gasteiger charge is -2.21. The van der Waals surface area contributed by atoms with E-state index in [0.717, 1.165) is 21.7 Å². The van der Waals surface area contributed by atoms with E-state index < -0.39 is 22.5 Å². The molecule has 3 aromatic carbocycles. The van der Waals surface area contributed by atoms with Gasteiger partial charge in [-0.1, -0.05) is 56.3 Å². The smallest absolute Gasteiger partial charge is 0.260 e. The van der Waals surface area contributed by atoms with Crippen LogP contribution in [0.3, 0.4) is 0 Å². The largest absolute Gasteiger partial charge is 0.493 e. The van der Waals surface area contributed by atoms with Crippen LogP contribution in [-0.4, -0.2) is 40.4 Å². The van der Waals surface area contributed by atoms with E-state index in [2.05, 4.69) is 24.4 Å². The third kappa shape index (κ3) is 7.58. The molecule has 0 saturated carbocycles. The second-order valence-electron chi connectivity index (χ2n) is 8.49. The lowest BCUT2D eigenvalue weighted by atomic mass is 10.0. The predicted molar refractivity (Wildman–Crippen MR) is 142 cm³/mol. The van der Waals surface area contributed by atoms with Crippen molar-refractivity contribution in [3.63, 3.8) is 0 Å². The van der Waals surface area contributed by atoms with E-state index in [4.69, 9.17) is 9.47 Å². The standard InChI is InChI=1S/C27H31N3O5S/c1-20(2)23-11-13-24(14-12-23)30(36(4,32)33)18-27(31)29-28-17-22-10-15-25(26(16-22)34-3)35-19-21-8-6-5-7-9-21/h5-17,20H,18-19H2,1-4H3,(H,29,31)/b28-17-. The van der Waals surface area contributed by atoms with Crippen LogP contribution in [0.1, 0.15) is 36.5 Å². The van der Waals surface area contributed by atoms with Crippen molar-refractivity contribution in [3.8, 4) is 11.5 Å². The van der Waals surface area contributed by atoms with Crippen LogP contribution in [0.25, 0.3) is 0 Å². The molecule has 190 valence electrons. The number of hydrazone groups is 1. The topological polar surface area (TPSA) is 97.3 Å². The quantitative estimate of drug-likeness (QED) is 0.307.